The van der Waals surface area contributed by atoms with E-state index < -0.39 is 5.41 Å². The van der Waals surface area contributed by atoms with Gasteiger partial charge < -0.3 is 9.64 Å². The zero-order valence-electron chi connectivity index (χ0n) is 18.6. The quantitative estimate of drug-likeness (QED) is 0.554. The lowest BCUT2D eigenvalue weighted by Crippen LogP contribution is -2.49. The second kappa shape index (κ2) is 8.86. The van der Waals surface area contributed by atoms with E-state index in [1.54, 1.807) is 4.90 Å². The first kappa shape index (κ1) is 22.2. The van der Waals surface area contributed by atoms with Crippen LogP contribution >= 0.6 is 11.3 Å². The average molecular weight is 454 g/mol. The molecule has 3 heterocycles. The van der Waals surface area contributed by atoms with Gasteiger partial charge >= 0.3 is 5.97 Å². The first-order chi connectivity index (χ1) is 15.4. The molecule has 1 amide bonds. The second-order valence-electron chi connectivity index (χ2n) is 8.28. The van der Waals surface area contributed by atoms with Crippen molar-refractivity contribution in [1.29, 1.82) is 0 Å². The van der Waals surface area contributed by atoms with Crippen LogP contribution in [-0.4, -0.2) is 46.5 Å². The summed E-state index contributed by atoms with van der Waals surface area (Å²) in [7, 11) is 1.41. The standard InChI is InChI=1S/C24H27N3O4S/c1-16-17(2)32-21-20(16)22(29)27(15-25-21)12-9-19(28)26-13-10-24(11-14-26,23(30)31-3)18-7-5-4-6-8-18/h4-8,15H,9-14H2,1-3H3. The number of carbonyl (C=O) groups is 2. The molecule has 0 atom stereocenters. The Labute approximate surface area is 190 Å². The van der Waals surface area contributed by atoms with Crippen molar-refractivity contribution in [3.05, 3.63) is 63.0 Å². The van der Waals surface area contributed by atoms with Gasteiger partial charge in [-0.05, 0) is 37.8 Å². The third-order valence-corrected chi connectivity index (χ3v) is 7.71. The normalized spacial score (nSPS) is 15.7. The van der Waals surface area contributed by atoms with Gasteiger partial charge in [-0.25, -0.2) is 4.98 Å². The highest BCUT2D eigenvalue weighted by Gasteiger charge is 2.44. The van der Waals surface area contributed by atoms with Gasteiger partial charge in [0.2, 0.25) is 5.91 Å². The van der Waals surface area contributed by atoms with E-state index in [2.05, 4.69) is 4.98 Å². The number of benzene rings is 1. The first-order valence-corrected chi connectivity index (χ1v) is 11.6. The van der Waals surface area contributed by atoms with E-state index in [1.807, 2.05) is 44.2 Å². The summed E-state index contributed by atoms with van der Waals surface area (Å²) in [5, 5.41) is 0.645. The van der Waals surface area contributed by atoms with Gasteiger partial charge in [0.05, 0.1) is 24.2 Å². The predicted octanol–water partition coefficient (Wildman–Crippen LogP) is 3.20. The van der Waals surface area contributed by atoms with Gasteiger partial charge in [-0.15, -0.1) is 11.3 Å². The van der Waals surface area contributed by atoms with E-state index in [9.17, 15) is 14.4 Å². The molecular weight excluding hydrogens is 426 g/mol. The number of piperidine rings is 1. The summed E-state index contributed by atoms with van der Waals surface area (Å²) in [6.45, 7) is 5.14. The van der Waals surface area contributed by atoms with Crippen LogP contribution in [0.1, 0.15) is 35.3 Å². The summed E-state index contributed by atoms with van der Waals surface area (Å²) < 4.78 is 6.64. The van der Waals surface area contributed by atoms with E-state index in [0.717, 1.165) is 20.8 Å². The highest BCUT2D eigenvalue weighted by molar-refractivity contribution is 7.18. The van der Waals surface area contributed by atoms with Crippen LogP contribution in [0.5, 0.6) is 0 Å². The molecule has 3 aromatic rings. The maximum atomic E-state index is 12.9. The molecule has 0 bridgehead atoms. The van der Waals surface area contributed by atoms with Gasteiger partial charge in [0.25, 0.3) is 5.56 Å². The number of aryl methyl sites for hydroxylation is 3. The third-order valence-electron chi connectivity index (χ3n) is 6.59. The highest BCUT2D eigenvalue weighted by Crippen LogP contribution is 2.37. The molecular formula is C24H27N3O4S. The molecule has 8 heteroatoms. The van der Waals surface area contributed by atoms with Gasteiger partial charge in [0.1, 0.15) is 4.83 Å². The number of thiophene rings is 1. The predicted molar refractivity (Wildman–Crippen MR) is 124 cm³/mol. The number of methoxy groups -OCH3 is 1. The Balaban J connectivity index is 1.44. The van der Waals surface area contributed by atoms with Gasteiger partial charge in [-0.2, -0.15) is 0 Å². The fraction of sp³-hybridized carbons (Fsp3) is 0.417. The number of nitrogens with zero attached hydrogens (tertiary/aromatic N) is 3. The number of carbonyl (C=O) groups excluding carboxylic acids is 2. The number of fused-ring (bicyclic) bond motifs is 1. The number of ether oxygens (including phenoxy) is 1. The molecule has 0 unspecified atom stereocenters. The molecule has 0 N–H and O–H groups in total. The molecule has 0 spiro atoms. The van der Waals surface area contributed by atoms with E-state index in [4.69, 9.17) is 4.74 Å². The minimum atomic E-state index is -0.729. The van der Waals surface area contributed by atoms with Crippen molar-refractivity contribution in [3.63, 3.8) is 0 Å². The Morgan fingerprint density at radius 1 is 1.16 bits per heavy atom. The summed E-state index contributed by atoms with van der Waals surface area (Å²) >= 11 is 1.51. The van der Waals surface area contributed by atoms with Crippen LogP contribution in [0.4, 0.5) is 0 Å². The number of amides is 1. The summed E-state index contributed by atoms with van der Waals surface area (Å²) in [5.41, 5.74) is 1.05. The van der Waals surface area contributed by atoms with E-state index in [1.165, 1.54) is 29.3 Å². The fourth-order valence-corrected chi connectivity index (χ4v) is 5.49. The van der Waals surface area contributed by atoms with Gasteiger partial charge in [-0.3, -0.25) is 19.0 Å². The molecule has 7 nitrogen and oxygen atoms in total. The number of hydrogen-bond acceptors (Lipinski definition) is 6. The second-order valence-corrected chi connectivity index (χ2v) is 9.48. The van der Waals surface area contributed by atoms with E-state index >= 15 is 0 Å². The Hall–Kier alpha value is -3.00. The SMILES string of the molecule is COC(=O)C1(c2ccccc2)CCN(C(=O)CCn2cnc3sc(C)c(C)c3c2=O)CC1. The van der Waals surface area contributed by atoms with Crippen molar-refractivity contribution in [2.24, 2.45) is 0 Å². The fourth-order valence-electron chi connectivity index (χ4n) is 4.50. The lowest BCUT2D eigenvalue weighted by molar-refractivity contribution is -0.151. The lowest BCUT2D eigenvalue weighted by atomic mass is 9.72. The summed E-state index contributed by atoms with van der Waals surface area (Å²) in [6, 6.07) is 9.63. The largest absolute Gasteiger partial charge is 0.468 e. The smallest absolute Gasteiger partial charge is 0.316 e. The van der Waals surface area contributed by atoms with Crippen LogP contribution in [0.2, 0.25) is 0 Å². The summed E-state index contributed by atoms with van der Waals surface area (Å²) in [5.74, 6) is -0.287. The number of esters is 1. The summed E-state index contributed by atoms with van der Waals surface area (Å²) in [6.07, 6.45) is 2.76. The van der Waals surface area contributed by atoms with Crippen LogP contribution in [-0.2, 0) is 26.3 Å². The number of likely N-dealkylation sites (tertiary alicyclic amines) is 1. The average Bonchev–Trinajstić information content (AvgIpc) is 3.12. The van der Waals surface area contributed by atoms with Gasteiger partial charge in [-0.1, -0.05) is 30.3 Å². The maximum Gasteiger partial charge on any atom is 0.316 e. The number of aromatic nitrogens is 2. The minimum Gasteiger partial charge on any atom is -0.468 e. The molecule has 2 aromatic heterocycles. The monoisotopic (exact) mass is 453 g/mol. The topological polar surface area (TPSA) is 81.5 Å². The molecule has 1 fully saturated rings. The van der Waals surface area contributed by atoms with Crippen molar-refractivity contribution < 1.29 is 14.3 Å². The molecule has 1 aliphatic rings. The van der Waals surface area contributed by atoms with Crippen LogP contribution in [0.25, 0.3) is 10.2 Å². The number of hydrogen-bond donors (Lipinski definition) is 0. The molecule has 0 saturated carbocycles. The van der Waals surface area contributed by atoms with Crippen molar-refractivity contribution >= 4 is 33.4 Å². The highest BCUT2D eigenvalue weighted by atomic mass is 32.1. The molecule has 1 saturated heterocycles. The number of rotatable bonds is 5. The Bertz CT molecular complexity index is 1210. The minimum absolute atomic E-state index is 0.0262. The van der Waals surface area contributed by atoms with Crippen LogP contribution in [0.15, 0.2) is 41.5 Å². The van der Waals surface area contributed by atoms with E-state index in [-0.39, 0.29) is 30.4 Å². The van der Waals surface area contributed by atoms with Crippen LogP contribution < -0.4 is 5.56 Å². The summed E-state index contributed by atoms with van der Waals surface area (Å²) in [4.78, 5) is 46.4. The first-order valence-electron chi connectivity index (χ1n) is 10.7. The lowest BCUT2D eigenvalue weighted by Gasteiger charge is -2.40. The molecule has 1 aromatic carbocycles. The molecule has 168 valence electrons. The zero-order valence-corrected chi connectivity index (χ0v) is 19.4. The molecule has 0 aliphatic carbocycles. The van der Waals surface area contributed by atoms with Crippen LogP contribution in [0.3, 0.4) is 0 Å². The molecule has 0 radical (unpaired) electrons. The van der Waals surface area contributed by atoms with Crippen molar-refractivity contribution in [2.45, 2.75) is 45.1 Å². The zero-order chi connectivity index (χ0) is 22.9. The Kier molecular flexibility index (Phi) is 6.15. The van der Waals surface area contributed by atoms with E-state index in [0.29, 0.717) is 31.3 Å². The maximum absolute atomic E-state index is 12.9. The van der Waals surface area contributed by atoms with Crippen molar-refractivity contribution in [1.82, 2.24) is 14.5 Å². The van der Waals surface area contributed by atoms with Crippen molar-refractivity contribution in [3.8, 4) is 0 Å². The molecule has 32 heavy (non-hydrogen) atoms. The Morgan fingerprint density at radius 2 is 1.84 bits per heavy atom. The van der Waals surface area contributed by atoms with Crippen LogP contribution in [0, 0.1) is 13.8 Å². The Morgan fingerprint density at radius 3 is 2.50 bits per heavy atom. The van der Waals surface area contributed by atoms with Crippen molar-refractivity contribution in [2.75, 3.05) is 20.2 Å². The molecule has 1 aliphatic heterocycles. The van der Waals surface area contributed by atoms with Gasteiger partial charge in [0, 0.05) is 30.9 Å². The van der Waals surface area contributed by atoms with Gasteiger partial charge in [0.15, 0.2) is 0 Å². The third kappa shape index (κ3) is 3.83. The molecule has 4 rings (SSSR count).